The van der Waals surface area contributed by atoms with Crippen LogP contribution in [-0.2, 0) is 9.53 Å². The molecule has 1 aliphatic heterocycles. The lowest BCUT2D eigenvalue weighted by Gasteiger charge is -1.98. The summed E-state index contributed by atoms with van der Waals surface area (Å²) < 4.78 is 5.04. The number of carbonyl (C=O) groups excluding carboxylic acids is 1. The molecule has 0 spiro atoms. The Kier molecular flexibility index (Phi) is 4.04. The van der Waals surface area contributed by atoms with Gasteiger partial charge < -0.3 is 4.74 Å². The summed E-state index contributed by atoms with van der Waals surface area (Å²) in [7, 11) is 0. The smallest absolute Gasteiger partial charge is 0.363 e. The van der Waals surface area contributed by atoms with Crippen molar-refractivity contribution in [3.8, 4) is 0 Å². The molecule has 0 fully saturated rings. The van der Waals surface area contributed by atoms with Gasteiger partial charge in [0.25, 0.3) is 11.4 Å². The first-order valence-electron chi connectivity index (χ1n) is 6.96. The van der Waals surface area contributed by atoms with Gasteiger partial charge in [-0.1, -0.05) is 12.1 Å². The molecular formula is C16H9N3O6. The number of rotatable bonds is 4. The zero-order chi connectivity index (χ0) is 18.0. The number of cyclic esters (lactones) is 1. The summed E-state index contributed by atoms with van der Waals surface area (Å²) in [5.41, 5.74) is 0.229. The molecule has 2 aromatic carbocycles. The molecule has 0 saturated carbocycles. The molecule has 0 atom stereocenters. The quantitative estimate of drug-likeness (QED) is 0.365. The van der Waals surface area contributed by atoms with Crippen LogP contribution in [0.25, 0.3) is 6.08 Å². The fraction of sp³-hybridized carbons (Fsp3) is 0. The molecule has 0 bridgehead atoms. The van der Waals surface area contributed by atoms with Gasteiger partial charge in [0.1, 0.15) is 0 Å². The third-order valence-electron chi connectivity index (χ3n) is 3.37. The van der Waals surface area contributed by atoms with E-state index in [1.165, 1.54) is 48.5 Å². The zero-order valence-electron chi connectivity index (χ0n) is 12.5. The molecule has 9 nitrogen and oxygen atoms in total. The van der Waals surface area contributed by atoms with Crippen LogP contribution in [0.15, 0.2) is 59.2 Å². The Morgan fingerprint density at radius 3 is 2.28 bits per heavy atom. The topological polar surface area (TPSA) is 125 Å². The number of benzene rings is 2. The molecule has 0 aromatic heterocycles. The second kappa shape index (κ2) is 6.32. The van der Waals surface area contributed by atoms with Crippen LogP contribution >= 0.6 is 0 Å². The van der Waals surface area contributed by atoms with Gasteiger partial charge in [0.2, 0.25) is 5.90 Å². The number of non-ortho nitro benzene ring substituents is 1. The van der Waals surface area contributed by atoms with Crippen molar-refractivity contribution < 1.29 is 19.4 Å². The van der Waals surface area contributed by atoms with Crippen LogP contribution in [-0.4, -0.2) is 21.7 Å². The summed E-state index contributed by atoms with van der Waals surface area (Å²) in [5, 5.41) is 21.7. The van der Waals surface area contributed by atoms with Crippen molar-refractivity contribution in [2.45, 2.75) is 0 Å². The maximum Gasteiger partial charge on any atom is 0.363 e. The first kappa shape index (κ1) is 16.0. The van der Waals surface area contributed by atoms with Crippen molar-refractivity contribution in [1.82, 2.24) is 0 Å². The molecule has 0 unspecified atom stereocenters. The number of carbonyl (C=O) groups is 1. The highest BCUT2D eigenvalue weighted by atomic mass is 16.6. The average Bonchev–Trinajstić information content (AvgIpc) is 2.96. The number of nitro benzene ring substituents is 2. The van der Waals surface area contributed by atoms with Crippen LogP contribution < -0.4 is 0 Å². The summed E-state index contributed by atoms with van der Waals surface area (Å²) in [6.45, 7) is 0. The van der Waals surface area contributed by atoms with Crippen LogP contribution in [0.5, 0.6) is 0 Å². The molecular weight excluding hydrogens is 330 g/mol. The van der Waals surface area contributed by atoms with E-state index < -0.39 is 15.8 Å². The van der Waals surface area contributed by atoms with Crippen molar-refractivity contribution in [3.63, 3.8) is 0 Å². The molecule has 25 heavy (non-hydrogen) atoms. The highest BCUT2D eigenvalue weighted by molar-refractivity contribution is 6.13. The van der Waals surface area contributed by atoms with Crippen molar-refractivity contribution in [1.29, 1.82) is 0 Å². The normalized spacial score (nSPS) is 15.0. The van der Waals surface area contributed by atoms with Gasteiger partial charge in [-0.05, 0) is 24.3 Å². The Bertz CT molecular complexity index is 947. The lowest BCUT2D eigenvalue weighted by molar-refractivity contribution is -0.385. The van der Waals surface area contributed by atoms with E-state index in [4.69, 9.17) is 4.74 Å². The SMILES string of the molecule is O=C1OC(c2ccc([N+](=O)[O-])cc2)=N/C1=C/c1ccccc1[N+](=O)[O-]. The maximum absolute atomic E-state index is 11.9. The Labute approximate surface area is 140 Å². The average molecular weight is 339 g/mol. The molecule has 1 aliphatic rings. The molecule has 9 heteroatoms. The molecule has 1 heterocycles. The molecule has 2 aromatic rings. The van der Waals surface area contributed by atoms with Crippen LogP contribution in [0.1, 0.15) is 11.1 Å². The van der Waals surface area contributed by atoms with Crippen molar-refractivity contribution in [2.75, 3.05) is 0 Å². The van der Waals surface area contributed by atoms with Gasteiger partial charge in [0.15, 0.2) is 5.70 Å². The van der Waals surface area contributed by atoms with Crippen LogP contribution in [0, 0.1) is 20.2 Å². The fourth-order valence-electron chi connectivity index (χ4n) is 2.18. The summed E-state index contributed by atoms with van der Waals surface area (Å²) >= 11 is 0. The van der Waals surface area contributed by atoms with Gasteiger partial charge in [-0.15, -0.1) is 0 Å². The maximum atomic E-state index is 11.9. The van der Waals surface area contributed by atoms with Gasteiger partial charge in [-0.2, -0.15) is 0 Å². The highest BCUT2D eigenvalue weighted by Crippen LogP contribution is 2.25. The summed E-state index contributed by atoms with van der Waals surface area (Å²) in [5.74, 6) is -0.781. The number of nitro groups is 2. The molecule has 0 N–H and O–H groups in total. The minimum atomic E-state index is -0.758. The fourth-order valence-corrected chi connectivity index (χ4v) is 2.18. The monoisotopic (exact) mass is 339 g/mol. The summed E-state index contributed by atoms with van der Waals surface area (Å²) in [6, 6.07) is 11.2. The number of hydrogen-bond donors (Lipinski definition) is 0. The van der Waals surface area contributed by atoms with Gasteiger partial charge in [-0.25, -0.2) is 9.79 Å². The standard InChI is InChI=1S/C16H9N3O6/c20-16-13(9-11-3-1-2-4-14(11)19(23)24)17-15(25-16)10-5-7-12(8-6-10)18(21)22/h1-9H/b13-9+. The lowest BCUT2D eigenvalue weighted by Crippen LogP contribution is -2.05. The summed E-state index contributed by atoms with van der Waals surface area (Å²) in [6.07, 6.45) is 1.26. The van der Waals surface area contributed by atoms with Crippen molar-refractivity contribution in [3.05, 3.63) is 85.6 Å². The lowest BCUT2D eigenvalue weighted by atomic mass is 10.1. The molecule has 0 aliphatic carbocycles. The summed E-state index contributed by atoms with van der Waals surface area (Å²) in [4.78, 5) is 36.5. The highest BCUT2D eigenvalue weighted by Gasteiger charge is 2.25. The Morgan fingerprint density at radius 2 is 1.64 bits per heavy atom. The first-order valence-corrected chi connectivity index (χ1v) is 6.96. The Balaban J connectivity index is 1.95. The van der Waals surface area contributed by atoms with Crippen molar-refractivity contribution in [2.24, 2.45) is 4.99 Å². The first-order chi connectivity index (χ1) is 12.0. The van der Waals surface area contributed by atoms with Crippen LogP contribution in [0.2, 0.25) is 0 Å². The van der Waals surface area contributed by atoms with Crippen LogP contribution in [0.3, 0.4) is 0 Å². The van der Waals surface area contributed by atoms with E-state index in [1.807, 2.05) is 0 Å². The second-order valence-electron chi connectivity index (χ2n) is 4.96. The van der Waals surface area contributed by atoms with E-state index in [0.29, 0.717) is 5.56 Å². The number of aliphatic imine (C=N–C) groups is 1. The van der Waals surface area contributed by atoms with Gasteiger partial charge in [-0.3, -0.25) is 20.2 Å². The minimum absolute atomic E-state index is 0.0234. The number of nitrogens with zero attached hydrogens (tertiary/aromatic N) is 3. The van der Waals surface area contributed by atoms with Crippen molar-refractivity contribution >= 4 is 29.3 Å². The molecule has 0 radical (unpaired) electrons. The van der Waals surface area contributed by atoms with Crippen LogP contribution in [0.4, 0.5) is 11.4 Å². The Hall–Kier alpha value is -3.88. The van der Waals surface area contributed by atoms with E-state index in [2.05, 4.69) is 4.99 Å². The number of esters is 1. The van der Waals surface area contributed by atoms with Gasteiger partial charge in [0, 0.05) is 23.8 Å². The number of hydrogen-bond acceptors (Lipinski definition) is 7. The van der Waals surface area contributed by atoms with E-state index in [9.17, 15) is 25.0 Å². The number of ether oxygens (including phenoxy) is 1. The predicted octanol–water partition coefficient (Wildman–Crippen LogP) is 2.85. The predicted molar refractivity (Wildman–Crippen MR) is 86.8 cm³/mol. The molecule has 0 saturated heterocycles. The van der Waals surface area contributed by atoms with Gasteiger partial charge in [0.05, 0.1) is 15.4 Å². The zero-order valence-corrected chi connectivity index (χ0v) is 12.5. The van der Waals surface area contributed by atoms with E-state index in [1.54, 1.807) is 6.07 Å². The van der Waals surface area contributed by atoms with E-state index in [0.717, 1.165) is 0 Å². The van der Waals surface area contributed by atoms with E-state index >= 15 is 0 Å². The molecule has 124 valence electrons. The number of para-hydroxylation sites is 1. The molecule has 3 rings (SSSR count). The third-order valence-corrected chi connectivity index (χ3v) is 3.37. The minimum Gasteiger partial charge on any atom is -0.402 e. The van der Waals surface area contributed by atoms with E-state index in [-0.39, 0.29) is 28.5 Å². The second-order valence-corrected chi connectivity index (χ2v) is 4.96. The molecule has 0 amide bonds. The van der Waals surface area contributed by atoms with Gasteiger partial charge >= 0.3 is 5.97 Å². The third kappa shape index (κ3) is 3.24. The largest absolute Gasteiger partial charge is 0.402 e. The Morgan fingerprint density at radius 1 is 0.960 bits per heavy atom.